The zero-order chi connectivity index (χ0) is 21.0. The van der Waals surface area contributed by atoms with Crippen molar-refractivity contribution in [2.24, 2.45) is 0 Å². The molecule has 0 bridgehead atoms. The summed E-state index contributed by atoms with van der Waals surface area (Å²) in [5.41, 5.74) is 0. The van der Waals surface area contributed by atoms with Crippen LogP contribution in [0.4, 0.5) is 0 Å². The molecule has 172 valence electrons. The summed E-state index contributed by atoms with van der Waals surface area (Å²) < 4.78 is 15.7. The maximum Gasteiger partial charge on any atom is 0.305 e. The molecule has 0 N–H and O–H groups in total. The van der Waals surface area contributed by atoms with Crippen LogP contribution in [0.5, 0.6) is 0 Å². The molecule has 0 aliphatic carbocycles. The Morgan fingerprint density at radius 2 is 1.24 bits per heavy atom. The van der Waals surface area contributed by atoms with E-state index in [1.54, 1.807) is 0 Å². The Bertz CT molecular complexity index is 378. The van der Waals surface area contributed by atoms with Gasteiger partial charge in [0.25, 0.3) is 0 Å². The van der Waals surface area contributed by atoms with Gasteiger partial charge in [0.1, 0.15) is 6.61 Å². The summed E-state index contributed by atoms with van der Waals surface area (Å²) in [5, 5.41) is 1.93. The van der Waals surface area contributed by atoms with Crippen molar-refractivity contribution in [3.63, 3.8) is 0 Å². The number of esters is 1. The fraction of sp³-hybridized carbons (Fsp3) is 0.958. The Labute approximate surface area is 184 Å². The van der Waals surface area contributed by atoms with Crippen molar-refractivity contribution >= 4 is 17.7 Å². The molecule has 0 unspecified atom stereocenters. The normalized spacial score (nSPS) is 18.1. The molecule has 0 saturated carbocycles. The van der Waals surface area contributed by atoms with Gasteiger partial charge in [0.05, 0.1) is 19.8 Å². The third kappa shape index (κ3) is 17.1. The van der Waals surface area contributed by atoms with Crippen LogP contribution in [0.3, 0.4) is 0 Å². The van der Waals surface area contributed by atoms with Gasteiger partial charge in [-0.1, -0.05) is 71.1 Å². The van der Waals surface area contributed by atoms with E-state index in [0.717, 1.165) is 23.3 Å². The van der Waals surface area contributed by atoms with Gasteiger partial charge in [-0.3, -0.25) is 4.79 Å². The Morgan fingerprint density at radius 3 is 1.90 bits per heavy atom. The molecular weight excluding hydrogens is 384 g/mol. The lowest BCUT2D eigenvalue weighted by Gasteiger charge is -2.06. The third-order valence-electron chi connectivity index (χ3n) is 5.47. The number of rotatable bonds is 22. The maximum absolute atomic E-state index is 11.7. The molecule has 0 aromatic carbocycles. The van der Waals surface area contributed by atoms with E-state index in [9.17, 15) is 4.79 Å². The van der Waals surface area contributed by atoms with E-state index in [2.05, 4.69) is 18.7 Å². The highest BCUT2D eigenvalue weighted by Crippen LogP contribution is 2.47. The summed E-state index contributed by atoms with van der Waals surface area (Å²) in [7, 11) is 0. The SMILES string of the molecule is CCCCCCCC[C@@H]1S[C@@H]1CCCCCCCC(=O)OCCOCCOCC. The number of ether oxygens (including phenoxy) is 3. The van der Waals surface area contributed by atoms with Gasteiger partial charge in [0, 0.05) is 23.5 Å². The van der Waals surface area contributed by atoms with Gasteiger partial charge in [0.2, 0.25) is 0 Å². The van der Waals surface area contributed by atoms with Gasteiger partial charge in [0.15, 0.2) is 0 Å². The topological polar surface area (TPSA) is 44.8 Å². The van der Waals surface area contributed by atoms with Crippen molar-refractivity contribution in [3.8, 4) is 0 Å². The molecule has 0 radical (unpaired) electrons. The van der Waals surface area contributed by atoms with E-state index in [0.29, 0.717) is 39.5 Å². The fourth-order valence-electron chi connectivity index (χ4n) is 3.61. The second kappa shape index (κ2) is 19.7. The van der Waals surface area contributed by atoms with Crippen LogP contribution in [0.2, 0.25) is 0 Å². The van der Waals surface area contributed by atoms with Crippen LogP contribution in [-0.4, -0.2) is 49.5 Å². The predicted molar refractivity (Wildman–Crippen MR) is 124 cm³/mol. The minimum Gasteiger partial charge on any atom is -0.463 e. The number of carbonyl (C=O) groups excluding carboxylic acids is 1. The Balaban J connectivity index is 1.75. The standard InChI is InChI=1S/C24H46O4S/c1-3-5-6-7-9-12-15-22-23(29-22)16-13-10-8-11-14-17-24(25)28-21-20-27-19-18-26-4-2/h22-23H,3-21H2,1-2H3/t22-,23+/m0/s1. The number of thioether (sulfide) groups is 1. The first-order valence-corrected chi connectivity index (χ1v) is 13.2. The molecule has 1 aliphatic heterocycles. The first-order valence-electron chi connectivity index (χ1n) is 12.2. The van der Waals surface area contributed by atoms with Crippen molar-refractivity contribution in [2.75, 3.05) is 33.0 Å². The van der Waals surface area contributed by atoms with Crippen molar-refractivity contribution in [2.45, 2.75) is 114 Å². The zero-order valence-electron chi connectivity index (χ0n) is 19.1. The van der Waals surface area contributed by atoms with Gasteiger partial charge >= 0.3 is 5.97 Å². The molecule has 0 aromatic heterocycles. The quantitative estimate of drug-likeness (QED) is 0.111. The molecule has 4 nitrogen and oxygen atoms in total. The average Bonchev–Trinajstić information content (AvgIpc) is 3.47. The van der Waals surface area contributed by atoms with E-state index >= 15 is 0 Å². The molecule has 2 atom stereocenters. The Morgan fingerprint density at radius 1 is 0.690 bits per heavy atom. The molecule has 1 saturated heterocycles. The minimum atomic E-state index is -0.0923. The molecular formula is C24H46O4S. The van der Waals surface area contributed by atoms with Crippen molar-refractivity contribution in [3.05, 3.63) is 0 Å². The van der Waals surface area contributed by atoms with Gasteiger partial charge in [-0.2, -0.15) is 11.8 Å². The molecule has 0 spiro atoms. The van der Waals surface area contributed by atoms with Gasteiger partial charge in [-0.05, 0) is 26.2 Å². The second-order valence-electron chi connectivity index (χ2n) is 8.11. The Hall–Kier alpha value is -0.260. The van der Waals surface area contributed by atoms with Gasteiger partial charge in [-0.15, -0.1) is 0 Å². The first-order chi connectivity index (χ1) is 14.3. The monoisotopic (exact) mass is 430 g/mol. The maximum atomic E-state index is 11.7. The first kappa shape index (κ1) is 26.8. The molecule has 1 rings (SSSR count). The summed E-state index contributed by atoms with van der Waals surface area (Å²) in [5.74, 6) is -0.0923. The molecule has 1 fully saturated rings. The van der Waals surface area contributed by atoms with Gasteiger partial charge in [-0.25, -0.2) is 0 Å². The number of hydrogen-bond acceptors (Lipinski definition) is 5. The summed E-state index contributed by atoms with van der Waals surface area (Å²) in [6.07, 6.45) is 17.9. The van der Waals surface area contributed by atoms with E-state index in [1.807, 2.05) is 6.92 Å². The van der Waals surface area contributed by atoms with E-state index in [-0.39, 0.29) is 5.97 Å². The molecule has 1 aliphatic rings. The molecule has 0 aromatic rings. The van der Waals surface area contributed by atoms with Crippen molar-refractivity contribution < 1.29 is 19.0 Å². The average molecular weight is 431 g/mol. The summed E-state index contributed by atoms with van der Waals surface area (Å²) in [4.78, 5) is 11.7. The summed E-state index contributed by atoms with van der Waals surface area (Å²) in [6, 6.07) is 0. The predicted octanol–water partition coefficient (Wildman–Crippen LogP) is 6.55. The van der Waals surface area contributed by atoms with E-state index < -0.39 is 0 Å². The van der Waals surface area contributed by atoms with Crippen LogP contribution in [0.15, 0.2) is 0 Å². The number of hydrogen-bond donors (Lipinski definition) is 0. The zero-order valence-corrected chi connectivity index (χ0v) is 19.9. The van der Waals surface area contributed by atoms with Crippen molar-refractivity contribution in [1.29, 1.82) is 0 Å². The minimum absolute atomic E-state index is 0.0923. The van der Waals surface area contributed by atoms with Crippen LogP contribution in [0, 0.1) is 0 Å². The van der Waals surface area contributed by atoms with Crippen LogP contribution in [0.25, 0.3) is 0 Å². The van der Waals surface area contributed by atoms with Crippen LogP contribution in [0.1, 0.15) is 104 Å². The van der Waals surface area contributed by atoms with Crippen LogP contribution >= 0.6 is 11.8 Å². The van der Waals surface area contributed by atoms with E-state index in [1.165, 1.54) is 70.6 Å². The fourth-order valence-corrected chi connectivity index (χ4v) is 4.84. The largest absolute Gasteiger partial charge is 0.463 e. The Kier molecular flexibility index (Phi) is 18.2. The summed E-state index contributed by atoms with van der Waals surface area (Å²) >= 11 is 2.21. The molecule has 1 heterocycles. The molecule has 0 amide bonds. The van der Waals surface area contributed by atoms with E-state index in [4.69, 9.17) is 14.2 Å². The summed E-state index contributed by atoms with van der Waals surface area (Å²) in [6.45, 7) is 6.92. The smallest absolute Gasteiger partial charge is 0.305 e. The second-order valence-corrected chi connectivity index (χ2v) is 9.59. The lowest BCUT2D eigenvalue weighted by Crippen LogP contribution is -2.12. The van der Waals surface area contributed by atoms with Crippen molar-refractivity contribution in [1.82, 2.24) is 0 Å². The highest BCUT2D eigenvalue weighted by atomic mass is 32.2. The third-order valence-corrected chi connectivity index (χ3v) is 6.98. The highest BCUT2D eigenvalue weighted by Gasteiger charge is 2.36. The molecule has 5 heteroatoms. The molecule has 29 heavy (non-hydrogen) atoms. The van der Waals surface area contributed by atoms with Crippen LogP contribution < -0.4 is 0 Å². The van der Waals surface area contributed by atoms with Crippen LogP contribution in [-0.2, 0) is 19.0 Å². The lowest BCUT2D eigenvalue weighted by molar-refractivity contribution is -0.145. The number of carbonyl (C=O) groups is 1. The number of unbranched alkanes of at least 4 members (excludes halogenated alkanes) is 9. The van der Waals surface area contributed by atoms with Gasteiger partial charge < -0.3 is 14.2 Å². The lowest BCUT2D eigenvalue weighted by atomic mass is 10.0. The highest BCUT2D eigenvalue weighted by molar-refractivity contribution is 8.07.